The van der Waals surface area contributed by atoms with Crippen LogP contribution in [0.15, 0.2) is 53.4 Å². The second-order valence-corrected chi connectivity index (χ2v) is 8.30. The second kappa shape index (κ2) is 4.77. The van der Waals surface area contributed by atoms with Crippen molar-refractivity contribution in [3.8, 4) is 16.9 Å². The highest BCUT2D eigenvalue weighted by Crippen LogP contribution is 2.61. The zero-order chi connectivity index (χ0) is 20.5. The molecule has 1 amide bonds. The van der Waals surface area contributed by atoms with Crippen LogP contribution in [0, 0.1) is 0 Å². The van der Waals surface area contributed by atoms with Crippen LogP contribution in [0.4, 0.5) is 16.2 Å². The molecule has 6 heteroatoms. The van der Waals surface area contributed by atoms with Crippen molar-refractivity contribution in [3.05, 3.63) is 70.1 Å². The Morgan fingerprint density at radius 1 is 1.23 bits per heavy atom. The molecular weight excluding hydrogens is 390 g/mol. The first-order valence-electron chi connectivity index (χ1n) is 10.2. The number of aliphatic imine (C=N–C) groups is 1. The Morgan fingerprint density at radius 3 is 3.06 bits per heavy atom. The SMILES string of the molecule is O=C(O)[N+]12C3=CC=Cn4c5c(c6c7c(c(c1c64)-c1ccc(cc12)O3)C=NC=7)CC=CC=5. The second-order valence-electron chi connectivity index (χ2n) is 8.30. The van der Waals surface area contributed by atoms with Crippen molar-refractivity contribution in [2.45, 2.75) is 6.42 Å². The number of amides is 1. The Bertz CT molecular complexity index is 1720. The summed E-state index contributed by atoms with van der Waals surface area (Å²) in [5.74, 6) is 1.03. The van der Waals surface area contributed by atoms with E-state index in [2.05, 4.69) is 27.8 Å². The lowest BCUT2D eigenvalue weighted by molar-refractivity contribution is 0.158. The van der Waals surface area contributed by atoms with Crippen LogP contribution in [-0.2, 0) is 6.42 Å². The molecule has 1 N–H and O–H groups in total. The maximum atomic E-state index is 13.2. The van der Waals surface area contributed by atoms with Crippen LogP contribution in [0.2, 0.25) is 0 Å². The third-order valence-corrected chi connectivity index (χ3v) is 7.01. The van der Waals surface area contributed by atoms with Crippen LogP contribution >= 0.6 is 0 Å². The van der Waals surface area contributed by atoms with E-state index in [0.717, 1.165) is 56.0 Å². The molecule has 3 aromatic rings. The Balaban J connectivity index is 1.77. The van der Waals surface area contributed by atoms with Gasteiger partial charge < -0.3 is 14.4 Å². The minimum Gasteiger partial charge on any atom is -0.434 e. The van der Waals surface area contributed by atoms with E-state index in [0.29, 0.717) is 11.6 Å². The van der Waals surface area contributed by atoms with Gasteiger partial charge in [0.1, 0.15) is 11.3 Å². The average Bonchev–Trinajstić information content (AvgIpc) is 3.44. The molecule has 0 spiro atoms. The molecule has 0 radical (unpaired) electrons. The van der Waals surface area contributed by atoms with Gasteiger partial charge in [-0.15, -0.1) is 0 Å². The van der Waals surface area contributed by atoms with Gasteiger partial charge in [-0.1, -0.05) is 16.6 Å². The molecule has 5 heterocycles. The van der Waals surface area contributed by atoms with Crippen LogP contribution in [0.3, 0.4) is 0 Å². The molecule has 1 aliphatic carbocycles. The lowest BCUT2D eigenvalue weighted by atomic mass is 9.94. The molecule has 0 fully saturated rings. The molecule has 1 aromatic heterocycles. The van der Waals surface area contributed by atoms with Gasteiger partial charge in [0.25, 0.3) is 0 Å². The Morgan fingerprint density at radius 2 is 2.16 bits per heavy atom. The van der Waals surface area contributed by atoms with Gasteiger partial charge in [-0.2, -0.15) is 4.79 Å². The van der Waals surface area contributed by atoms with Gasteiger partial charge in [0.15, 0.2) is 11.4 Å². The fourth-order valence-corrected chi connectivity index (χ4v) is 5.89. The van der Waals surface area contributed by atoms with Crippen molar-refractivity contribution >= 4 is 53.1 Å². The van der Waals surface area contributed by atoms with Crippen molar-refractivity contribution in [1.82, 2.24) is 9.05 Å². The molecule has 1 atom stereocenters. The zero-order valence-corrected chi connectivity index (χ0v) is 16.2. The number of quaternary nitrogens is 1. The molecule has 0 saturated carbocycles. The lowest BCUT2D eigenvalue weighted by Gasteiger charge is -2.33. The van der Waals surface area contributed by atoms with Crippen molar-refractivity contribution in [2.24, 2.45) is 4.99 Å². The van der Waals surface area contributed by atoms with Gasteiger partial charge in [-0.3, -0.25) is 4.99 Å². The third kappa shape index (κ3) is 1.47. The van der Waals surface area contributed by atoms with E-state index in [1.54, 1.807) is 6.08 Å². The summed E-state index contributed by atoms with van der Waals surface area (Å²) in [6.07, 6.45) is 15.6. The first-order valence-corrected chi connectivity index (χ1v) is 10.2. The number of allylic oxidation sites excluding steroid dienone is 4. The van der Waals surface area contributed by atoms with E-state index in [1.165, 1.54) is 5.56 Å². The number of nitrogens with zero attached hydrogens (tertiary/aromatic N) is 3. The summed E-state index contributed by atoms with van der Waals surface area (Å²) in [6, 6.07) is 5.75. The lowest BCUT2D eigenvalue weighted by Crippen LogP contribution is -2.50. The molecule has 8 rings (SSSR count). The molecule has 31 heavy (non-hydrogen) atoms. The fraction of sp³-hybridized carbons (Fsp3) is 0.0400. The summed E-state index contributed by atoms with van der Waals surface area (Å²) >= 11 is 0. The molecule has 5 aliphatic rings. The number of hydrogen-bond acceptors (Lipinski definition) is 3. The molecule has 4 aliphatic heterocycles. The number of carbonyl (C=O) groups is 1. The maximum absolute atomic E-state index is 13.2. The molecule has 1 unspecified atom stereocenters. The van der Waals surface area contributed by atoms with E-state index in [-0.39, 0.29) is 0 Å². The van der Waals surface area contributed by atoms with Crippen molar-refractivity contribution in [1.29, 1.82) is 0 Å². The number of benzene rings is 2. The summed E-state index contributed by atoms with van der Waals surface area (Å²) in [7, 11) is 0. The van der Waals surface area contributed by atoms with E-state index in [1.807, 2.05) is 42.9 Å². The monoisotopic (exact) mass is 404 g/mol. The molecular formula is C25H14N3O3+. The predicted octanol–water partition coefficient (Wildman–Crippen LogP) is 3.72. The number of fused-ring (bicyclic) bond motifs is 8. The van der Waals surface area contributed by atoms with Crippen LogP contribution in [0.5, 0.6) is 5.75 Å². The van der Waals surface area contributed by atoms with E-state index in [9.17, 15) is 9.90 Å². The van der Waals surface area contributed by atoms with Crippen molar-refractivity contribution in [2.75, 3.05) is 0 Å². The van der Waals surface area contributed by atoms with Crippen LogP contribution in [0.25, 0.3) is 40.5 Å². The third-order valence-electron chi connectivity index (χ3n) is 7.01. The van der Waals surface area contributed by atoms with Gasteiger partial charge in [0.2, 0.25) is 0 Å². The minimum atomic E-state index is -0.980. The standard InChI is InChI=1S/C25H13N3O3/c29-25(30)28-19-10-13-7-8-15(19)22-17-12-26-11-16(17)21-14-4-1-2-5-18(14)27(23(21)24(22)28)9-3-6-20(28)31-13/h1-3,5-12H,4H2/p+1. The highest BCUT2D eigenvalue weighted by molar-refractivity contribution is 6.21. The Kier molecular flexibility index (Phi) is 2.41. The van der Waals surface area contributed by atoms with Crippen molar-refractivity contribution in [3.63, 3.8) is 0 Å². The van der Waals surface area contributed by atoms with Gasteiger partial charge in [0.05, 0.1) is 11.1 Å². The summed E-state index contributed by atoms with van der Waals surface area (Å²) in [5.41, 5.74) is 6.39. The summed E-state index contributed by atoms with van der Waals surface area (Å²) < 4.78 is 7.79. The van der Waals surface area contributed by atoms with Crippen LogP contribution in [-0.4, -0.2) is 22.0 Å². The fourth-order valence-electron chi connectivity index (χ4n) is 5.89. The first kappa shape index (κ1) is 15.6. The van der Waals surface area contributed by atoms with Gasteiger partial charge >= 0.3 is 12.0 Å². The smallest absolute Gasteiger partial charge is 0.434 e. The topological polar surface area (TPSA) is 63.8 Å². The number of ether oxygens (including phenoxy) is 1. The van der Waals surface area contributed by atoms with E-state index < -0.39 is 10.6 Å². The number of hydrogen-bond donors (Lipinski definition) is 1. The molecule has 0 saturated heterocycles. The predicted molar refractivity (Wildman–Crippen MR) is 120 cm³/mol. The minimum absolute atomic E-state index is 0.379. The van der Waals surface area contributed by atoms with E-state index >= 15 is 0 Å². The first-order chi connectivity index (χ1) is 15.2. The molecule has 6 nitrogen and oxygen atoms in total. The zero-order valence-electron chi connectivity index (χ0n) is 16.2. The summed E-state index contributed by atoms with van der Waals surface area (Å²) in [4.78, 5) is 17.7. The highest BCUT2D eigenvalue weighted by Gasteiger charge is 2.60. The quantitative estimate of drug-likeness (QED) is 0.581. The largest absolute Gasteiger partial charge is 0.532 e. The van der Waals surface area contributed by atoms with Gasteiger partial charge in [-0.25, -0.2) is 0 Å². The summed E-state index contributed by atoms with van der Waals surface area (Å²) in [5, 5.41) is 14.0. The highest BCUT2D eigenvalue weighted by atomic mass is 16.5. The molecule has 2 aromatic carbocycles. The van der Waals surface area contributed by atoms with E-state index in [4.69, 9.17) is 4.74 Å². The number of rotatable bonds is 0. The average molecular weight is 404 g/mol. The Labute approximate surface area is 175 Å². The molecule has 146 valence electrons. The van der Waals surface area contributed by atoms with Gasteiger partial charge in [-0.05, 0) is 36.3 Å². The molecule has 2 bridgehead atoms. The number of aromatic nitrogens is 1. The number of carboxylic acid groups (broad SMARTS) is 1. The van der Waals surface area contributed by atoms with Crippen LogP contribution in [0.1, 0.15) is 11.1 Å². The normalized spacial score (nSPS) is 21.7. The summed E-state index contributed by atoms with van der Waals surface area (Å²) in [6.45, 7) is 0. The van der Waals surface area contributed by atoms with Gasteiger partial charge in [0, 0.05) is 52.3 Å². The van der Waals surface area contributed by atoms with Crippen LogP contribution < -0.4 is 19.8 Å². The van der Waals surface area contributed by atoms with Crippen molar-refractivity contribution < 1.29 is 14.6 Å². The maximum Gasteiger partial charge on any atom is 0.532 e. The Hall–Kier alpha value is -4.16.